The molecule has 2 aliphatic heterocycles. The molecule has 0 spiro atoms. The first-order valence-electron chi connectivity index (χ1n) is 8.85. The molecule has 7 heteroatoms. The molecule has 2 aliphatic rings. The monoisotopic (exact) mass is 348 g/mol. The minimum Gasteiger partial charge on any atom is -0.341 e. The van der Waals surface area contributed by atoms with E-state index in [0.717, 1.165) is 12.8 Å². The molecular formula is C17H27F3N2O2. The van der Waals surface area contributed by atoms with Gasteiger partial charge < -0.3 is 9.80 Å². The lowest BCUT2D eigenvalue weighted by Crippen LogP contribution is -2.54. The summed E-state index contributed by atoms with van der Waals surface area (Å²) in [6.07, 6.45) is -1.54. The van der Waals surface area contributed by atoms with Crippen molar-refractivity contribution in [2.75, 3.05) is 19.6 Å². The first-order chi connectivity index (χ1) is 11.2. The highest BCUT2D eigenvalue weighted by Crippen LogP contribution is 2.34. The van der Waals surface area contributed by atoms with Gasteiger partial charge in [0.05, 0.1) is 5.92 Å². The molecule has 24 heavy (non-hydrogen) atoms. The molecule has 1 atom stereocenters. The van der Waals surface area contributed by atoms with Crippen LogP contribution in [-0.2, 0) is 9.59 Å². The molecule has 0 aliphatic carbocycles. The first-order valence-corrected chi connectivity index (χ1v) is 8.85. The van der Waals surface area contributed by atoms with Crippen LogP contribution in [0.3, 0.4) is 0 Å². The van der Waals surface area contributed by atoms with Gasteiger partial charge in [0, 0.05) is 26.1 Å². The van der Waals surface area contributed by atoms with Crippen LogP contribution in [0.15, 0.2) is 0 Å². The summed E-state index contributed by atoms with van der Waals surface area (Å²) < 4.78 is 38.4. The van der Waals surface area contributed by atoms with Crippen LogP contribution in [0.5, 0.6) is 0 Å². The summed E-state index contributed by atoms with van der Waals surface area (Å²) in [6, 6.07) is -0.528. The molecule has 0 aromatic rings. The zero-order valence-electron chi connectivity index (χ0n) is 14.4. The minimum absolute atomic E-state index is 0.00886. The third-order valence-corrected chi connectivity index (χ3v) is 4.99. The van der Waals surface area contributed by atoms with Gasteiger partial charge in [-0.25, -0.2) is 0 Å². The Morgan fingerprint density at radius 1 is 1.17 bits per heavy atom. The highest BCUT2D eigenvalue weighted by atomic mass is 19.4. The molecule has 0 aromatic heterocycles. The zero-order chi connectivity index (χ0) is 17.9. The Labute approximate surface area is 141 Å². The third kappa shape index (κ3) is 4.63. The molecule has 0 saturated carbocycles. The van der Waals surface area contributed by atoms with Crippen LogP contribution < -0.4 is 0 Å². The summed E-state index contributed by atoms with van der Waals surface area (Å²) in [7, 11) is 0. The number of alkyl halides is 3. The molecule has 0 radical (unpaired) electrons. The molecule has 2 heterocycles. The molecule has 1 unspecified atom stereocenters. The van der Waals surface area contributed by atoms with Crippen LogP contribution in [0, 0.1) is 11.8 Å². The normalized spacial score (nSPS) is 22.2. The molecular weight excluding hydrogens is 321 g/mol. The molecule has 4 nitrogen and oxygen atoms in total. The summed E-state index contributed by atoms with van der Waals surface area (Å²) in [5.74, 6) is -1.27. The lowest BCUT2D eigenvalue weighted by molar-refractivity contribution is -0.187. The number of hydrogen-bond acceptors (Lipinski definition) is 2. The second-order valence-electron chi connectivity index (χ2n) is 7.33. The van der Waals surface area contributed by atoms with Crippen LogP contribution in [0.2, 0.25) is 0 Å². The van der Waals surface area contributed by atoms with Gasteiger partial charge in [-0.2, -0.15) is 13.2 Å². The fourth-order valence-electron chi connectivity index (χ4n) is 3.60. The third-order valence-electron chi connectivity index (χ3n) is 4.99. The summed E-state index contributed by atoms with van der Waals surface area (Å²) in [5, 5.41) is 0. The molecule has 0 bridgehead atoms. The van der Waals surface area contributed by atoms with Crippen molar-refractivity contribution in [3.63, 3.8) is 0 Å². The molecule has 2 saturated heterocycles. The van der Waals surface area contributed by atoms with Crippen molar-refractivity contribution < 1.29 is 22.8 Å². The second kappa shape index (κ2) is 7.74. The predicted octanol–water partition coefficient (Wildman–Crippen LogP) is 3.21. The molecule has 2 fully saturated rings. The smallest absolute Gasteiger partial charge is 0.341 e. The van der Waals surface area contributed by atoms with Crippen molar-refractivity contribution in [2.24, 2.45) is 11.8 Å². The van der Waals surface area contributed by atoms with Crippen LogP contribution in [0.25, 0.3) is 0 Å². The predicted molar refractivity (Wildman–Crippen MR) is 84.2 cm³/mol. The van der Waals surface area contributed by atoms with Gasteiger partial charge in [0.2, 0.25) is 11.8 Å². The van der Waals surface area contributed by atoms with Gasteiger partial charge in [0.15, 0.2) is 0 Å². The summed E-state index contributed by atoms with van der Waals surface area (Å²) >= 11 is 0. The van der Waals surface area contributed by atoms with Crippen molar-refractivity contribution in [1.82, 2.24) is 9.80 Å². The van der Waals surface area contributed by atoms with Crippen molar-refractivity contribution >= 4 is 11.8 Å². The minimum atomic E-state index is -4.19. The van der Waals surface area contributed by atoms with Crippen molar-refractivity contribution in [2.45, 2.75) is 64.6 Å². The van der Waals surface area contributed by atoms with E-state index in [1.54, 1.807) is 4.90 Å². The first kappa shape index (κ1) is 19.1. The van der Waals surface area contributed by atoms with Crippen molar-refractivity contribution in [3.8, 4) is 0 Å². The number of hydrogen-bond donors (Lipinski definition) is 0. The maximum absolute atomic E-state index is 12.9. The number of likely N-dealkylation sites (tertiary alicyclic amines) is 2. The Kier molecular flexibility index (Phi) is 6.15. The molecule has 0 aromatic carbocycles. The number of rotatable bonds is 4. The van der Waals surface area contributed by atoms with E-state index < -0.39 is 18.1 Å². The van der Waals surface area contributed by atoms with Gasteiger partial charge in [0.25, 0.3) is 0 Å². The van der Waals surface area contributed by atoms with E-state index in [9.17, 15) is 22.8 Å². The van der Waals surface area contributed by atoms with Gasteiger partial charge in [-0.15, -0.1) is 0 Å². The van der Waals surface area contributed by atoms with Gasteiger partial charge in [-0.1, -0.05) is 13.8 Å². The standard InChI is InChI=1S/C17H27F3N2O2/c1-12(2)11-14(22-8-4-3-5-15(22)23)16(24)21-9-6-13(7-10-21)17(18,19)20/h12-14H,3-11H2,1-2H3. The lowest BCUT2D eigenvalue weighted by atomic mass is 9.94. The van der Waals surface area contributed by atoms with E-state index >= 15 is 0 Å². The van der Waals surface area contributed by atoms with E-state index in [2.05, 4.69) is 0 Å². The topological polar surface area (TPSA) is 40.6 Å². The zero-order valence-corrected chi connectivity index (χ0v) is 14.4. The average molecular weight is 348 g/mol. The van der Waals surface area contributed by atoms with Crippen molar-refractivity contribution in [3.05, 3.63) is 0 Å². The van der Waals surface area contributed by atoms with Crippen LogP contribution in [0.1, 0.15) is 52.4 Å². The van der Waals surface area contributed by atoms with E-state index in [0.29, 0.717) is 19.4 Å². The number of carbonyl (C=O) groups excluding carboxylic acids is 2. The summed E-state index contributed by atoms with van der Waals surface area (Å²) in [6.45, 7) is 4.80. The van der Waals surface area contributed by atoms with Crippen LogP contribution in [0.4, 0.5) is 13.2 Å². The van der Waals surface area contributed by atoms with E-state index in [-0.39, 0.29) is 43.7 Å². The second-order valence-corrected chi connectivity index (χ2v) is 7.33. The SMILES string of the molecule is CC(C)CC(C(=O)N1CCC(C(F)(F)F)CC1)N1CCCCC1=O. The Morgan fingerprint density at radius 2 is 1.79 bits per heavy atom. The molecule has 0 N–H and O–H groups in total. The molecule has 138 valence electrons. The van der Waals surface area contributed by atoms with E-state index in [4.69, 9.17) is 0 Å². The lowest BCUT2D eigenvalue weighted by Gasteiger charge is -2.40. The van der Waals surface area contributed by atoms with E-state index in [1.165, 1.54) is 4.90 Å². The maximum atomic E-state index is 12.9. The number of carbonyl (C=O) groups is 2. The largest absolute Gasteiger partial charge is 0.391 e. The van der Waals surface area contributed by atoms with E-state index in [1.807, 2.05) is 13.8 Å². The average Bonchev–Trinajstić information content (AvgIpc) is 2.52. The van der Waals surface area contributed by atoms with Gasteiger partial charge >= 0.3 is 6.18 Å². The fraction of sp³-hybridized carbons (Fsp3) is 0.882. The number of nitrogens with zero attached hydrogens (tertiary/aromatic N) is 2. The summed E-state index contributed by atoms with van der Waals surface area (Å²) in [4.78, 5) is 28.3. The fourth-order valence-corrected chi connectivity index (χ4v) is 3.60. The van der Waals surface area contributed by atoms with Gasteiger partial charge in [-0.05, 0) is 38.0 Å². The molecule has 2 amide bonds. The number of amides is 2. The Balaban J connectivity index is 2.04. The summed E-state index contributed by atoms with van der Waals surface area (Å²) in [5.41, 5.74) is 0. The number of halogens is 3. The molecule has 2 rings (SSSR count). The van der Waals surface area contributed by atoms with Gasteiger partial charge in [-0.3, -0.25) is 9.59 Å². The quantitative estimate of drug-likeness (QED) is 0.783. The maximum Gasteiger partial charge on any atom is 0.391 e. The Hall–Kier alpha value is -1.27. The van der Waals surface area contributed by atoms with Gasteiger partial charge in [0.1, 0.15) is 6.04 Å². The highest BCUT2D eigenvalue weighted by Gasteiger charge is 2.43. The van der Waals surface area contributed by atoms with Crippen LogP contribution >= 0.6 is 0 Å². The Bertz CT molecular complexity index is 457. The Morgan fingerprint density at radius 3 is 2.29 bits per heavy atom. The van der Waals surface area contributed by atoms with Crippen molar-refractivity contribution in [1.29, 1.82) is 0 Å². The number of piperidine rings is 2. The highest BCUT2D eigenvalue weighted by molar-refractivity contribution is 5.88. The van der Waals surface area contributed by atoms with Crippen LogP contribution in [-0.4, -0.2) is 53.5 Å².